The third-order valence-electron chi connectivity index (χ3n) is 4.07. The number of ether oxygens (including phenoxy) is 1. The van der Waals surface area contributed by atoms with Crippen molar-refractivity contribution in [1.29, 1.82) is 0 Å². The van der Waals surface area contributed by atoms with Crippen molar-refractivity contribution in [2.45, 2.75) is 6.42 Å². The lowest BCUT2D eigenvalue weighted by molar-refractivity contribution is -0.122. The summed E-state index contributed by atoms with van der Waals surface area (Å²) in [6.45, 7) is -0.0856. The number of hydrogen-bond donors (Lipinski definition) is 1. The molecule has 0 bridgehead atoms. The molecule has 0 radical (unpaired) electrons. The zero-order chi connectivity index (χ0) is 18.0. The summed E-state index contributed by atoms with van der Waals surface area (Å²) in [5.41, 5.74) is 0.0538. The number of rotatable bonds is 4. The highest BCUT2D eigenvalue weighted by Gasteiger charge is 2.37. The minimum Gasteiger partial charge on any atom is -0.495 e. The molecule has 2 amide bonds. The standard InChI is InChI=1S/C18H16F2N2O3/c1-25-15-8-3-2-7-14(15)21-18(24)11-9-16(23)22(10-11)17-12(19)5-4-6-13(17)20/h2-8,11H,9-10H2,1H3,(H,21,24). The van der Waals surface area contributed by atoms with E-state index in [9.17, 15) is 18.4 Å². The van der Waals surface area contributed by atoms with Crippen molar-refractivity contribution in [3.63, 3.8) is 0 Å². The number of nitrogens with zero attached hydrogens (tertiary/aromatic N) is 1. The van der Waals surface area contributed by atoms with Crippen LogP contribution in [0.1, 0.15) is 6.42 Å². The molecule has 1 atom stereocenters. The molecule has 1 unspecified atom stereocenters. The van der Waals surface area contributed by atoms with Gasteiger partial charge in [-0.2, -0.15) is 0 Å². The first-order valence-corrected chi connectivity index (χ1v) is 7.69. The Hall–Kier alpha value is -2.96. The van der Waals surface area contributed by atoms with Crippen molar-refractivity contribution < 1.29 is 23.1 Å². The molecule has 0 saturated carbocycles. The predicted octanol–water partition coefficient (Wildman–Crippen LogP) is 2.97. The van der Waals surface area contributed by atoms with Gasteiger partial charge in [-0.3, -0.25) is 9.59 Å². The van der Waals surface area contributed by atoms with Crippen molar-refractivity contribution >= 4 is 23.2 Å². The lowest BCUT2D eigenvalue weighted by Gasteiger charge is -2.18. The lowest BCUT2D eigenvalue weighted by atomic mass is 10.1. The van der Waals surface area contributed by atoms with Crippen LogP contribution >= 0.6 is 0 Å². The number of hydrogen-bond acceptors (Lipinski definition) is 3. The highest BCUT2D eigenvalue weighted by atomic mass is 19.1. The Morgan fingerprint density at radius 2 is 1.84 bits per heavy atom. The van der Waals surface area contributed by atoms with Gasteiger partial charge in [-0.25, -0.2) is 8.78 Å². The van der Waals surface area contributed by atoms with Gasteiger partial charge in [-0.1, -0.05) is 18.2 Å². The smallest absolute Gasteiger partial charge is 0.229 e. The third kappa shape index (κ3) is 3.31. The van der Waals surface area contributed by atoms with Crippen LogP contribution in [0.3, 0.4) is 0 Å². The van der Waals surface area contributed by atoms with Gasteiger partial charge in [0.15, 0.2) is 0 Å². The Labute approximate surface area is 143 Å². The topological polar surface area (TPSA) is 58.6 Å². The van der Waals surface area contributed by atoms with Crippen LogP contribution in [-0.4, -0.2) is 25.5 Å². The number of carbonyl (C=O) groups excluding carboxylic acids is 2. The molecule has 2 aromatic carbocycles. The highest BCUT2D eigenvalue weighted by Crippen LogP contribution is 2.31. The van der Waals surface area contributed by atoms with E-state index in [1.165, 1.54) is 13.2 Å². The number of anilines is 2. The van der Waals surface area contributed by atoms with Gasteiger partial charge in [-0.15, -0.1) is 0 Å². The van der Waals surface area contributed by atoms with Crippen LogP contribution in [-0.2, 0) is 9.59 Å². The first kappa shape index (κ1) is 16.9. The molecule has 1 N–H and O–H groups in total. The maximum atomic E-state index is 13.9. The summed E-state index contributed by atoms with van der Waals surface area (Å²) >= 11 is 0. The fourth-order valence-corrected chi connectivity index (χ4v) is 2.83. The van der Waals surface area contributed by atoms with Crippen LogP contribution in [0.5, 0.6) is 5.75 Å². The predicted molar refractivity (Wildman–Crippen MR) is 88.4 cm³/mol. The summed E-state index contributed by atoms with van der Waals surface area (Å²) in [6, 6.07) is 10.2. The molecule has 130 valence electrons. The van der Waals surface area contributed by atoms with E-state index in [1.54, 1.807) is 24.3 Å². The summed E-state index contributed by atoms with van der Waals surface area (Å²) in [6.07, 6.45) is -0.116. The zero-order valence-electron chi connectivity index (χ0n) is 13.5. The first-order chi connectivity index (χ1) is 12.0. The number of nitrogens with one attached hydrogen (secondary N) is 1. The molecule has 1 heterocycles. The minimum atomic E-state index is -0.834. The van der Waals surface area contributed by atoms with E-state index in [1.807, 2.05) is 0 Å². The molecule has 0 aliphatic carbocycles. The average molecular weight is 346 g/mol. The lowest BCUT2D eigenvalue weighted by Crippen LogP contribution is -2.29. The van der Waals surface area contributed by atoms with Crippen molar-refractivity contribution in [1.82, 2.24) is 0 Å². The molecule has 1 aliphatic rings. The zero-order valence-corrected chi connectivity index (χ0v) is 13.5. The van der Waals surface area contributed by atoms with E-state index in [-0.39, 0.29) is 13.0 Å². The molecule has 3 rings (SSSR count). The third-order valence-corrected chi connectivity index (χ3v) is 4.07. The van der Waals surface area contributed by atoms with Crippen molar-refractivity contribution in [3.05, 3.63) is 54.1 Å². The van der Waals surface area contributed by atoms with Gasteiger partial charge in [0.1, 0.15) is 23.1 Å². The molecule has 1 saturated heterocycles. The van der Waals surface area contributed by atoms with Gasteiger partial charge in [0.05, 0.1) is 18.7 Å². The number of para-hydroxylation sites is 3. The second-order valence-corrected chi connectivity index (χ2v) is 5.67. The fraction of sp³-hybridized carbons (Fsp3) is 0.222. The van der Waals surface area contributed by atoms with Crippen LogP contribution in [0.25, 0.3) is 0 Å². The molecule has 7 heteroatoms. The number of halogens is 2. The summed E-state index contributed by atoms with van der Waals surface area (Å²) in [5.74, 6) is -2.80. The van der Waals surface area contributed by atoms with Gasteiger partial charge >= 0.3 is 0 Å². The second-order valence-electron chi connectivity index (χ2n) is 5.67. The Balaban J connectivity index is 1.77. The van der Waals surface area contributed by atoms with Crippen LogP contribution < -0.4 is 15.0 Å². The van der Waals surface area contributed by atoms with Crippen molar-refractivity contribution in [2.75, 3.05) is 23.9 Å². The fourth-order valence-electron chi connectivity index (χ4n) is 2.83. The summed E-state index contributed by atoms with van der Waals surface area (Å²) < 4.78 is 33.0. The Morgan fingerprint density at radius 3 is 2.52 bits per heavy atom. The van der Waals surface area contributed by atoms with Crippen LogP contribution in [0, 0.1) is 17.6 Å². The van der Waals surface area contributed by atoms with E-state index < -0.39 is 35.1 Å². The summed E-state index contributed by atoms with van der Waals surface area (Å²) in [7, 11) is 1.48. The molecule has 5 nitrogen and oxygen atoms in total. The number of carbonyl (C=O) groups is 2. The van der Waals surface area contributed by atoms with Crippen LogP contribution in [0.4, 0.5) is 20.2 Å². The van der Waals surface area contributed by atoms with Crippen molar-refractivity contribution in [3.8, 4) is 5.75 Å². The summed E-state index contributed by atoms with van der Waals surface area (Å²) in [4.78, 5) is 25.6. The normalized spacial score (nSPS) is 16.8. The number of benzene rings is 2. The van der Waals surface area contributed by atoms with E-state index in [0.29, 0.717) is 11.4 Å². The minimum absolute atomic E-state index is 0.0856. The second kappa shape index (κ2) is 6.88. The summed E-state index contributed by atoms with van der Waals surface area (Å²) in [5, 5.41) is 2.69. The molecule has 1 fully saturated rings. The number of amides is 2. The van der Waals surface area contributed by atoms with E-state index >= 15 is 0 Å². The van der Waals surface area contributed by atoms with Crippen LogP contribution in [0.2, 0.25) is 0 Å². The van der Waals surface area contributed by atoms with Gasteiger partial charge < -0.3 is 15.0 Å². The first-order valence-electron chi connectivity index (χ1n) is 7.69. The monoisotopic (exact) mass is 346 g/mol. The highest BCUT2D eigenvalue weighted by molar-refractivity contribution is 6.04. The molecular weight excluding hydrogens is 330 g/mol. The molecular formula is C18H16F2N2O3. The van der Waals surface area contributed by atoms with Crippen LogP contribution in [0.15, 0.2) is 42.5 Å². The number of methoxy groups -OCH3 is 1. The molecule has 0 spiro atoms. The average Bonchev–Trinajstić information content (AvgIpc) is 2.97. The van der Waals surface area contributed by atoms with Gasteiger partial charge in [-0.05, 0) is 24.3 Å². The van der Waals surface area contributed by atoms with Gasteiger partial charge in [0.25, 0.3) is 0 Å². The van der Waals surface area contributed by atoms with Gasteiger partial charge in [0, 0.05) is 13.0 Å². The van der Waals surface area contributed by atoms with E-state index in [2.05, 4.69) is 5.32 Å². The quantitative estimate of drug-likeness (QED) is 0.926. The van der Waals surface area contributed by atoms with Gasteiger partial charge in [0.2, 0.25) is 11.8 Å². The maximum Gasteiger partial charge on any atom is 0.229 e. The maximum absolute atomic E-state index is 13.9. The van der Waals surface area contributed by atoms with E-state index in [4.69, 9.17) is 4.74 Å². The Kier molecular flexibility index (Phi) is 4.65. The molecule has 25 heavy (non-hydrogen) atoms. The Morgan fingerprint density at radius 1 is 1.16 bits per heavy atom. The van der Waals surface area contributed by atoms with Crippen molar-refractivity contribution in [2.24, 2.45) is 5.92 Å². The molecule has 0 aromatic heterocycles. The largest absolute Gasteiger partial charge is 0.495 e. The van der Waals surface area contributed by atoms with E-state index in [0.717, 1.165) is 17.0 Å². The Bertz CT molecular complexity index is 805. The SMILES string of the molecule is COc1ccccc1NC(=O)C1CC(=O)N(c2c(F)cccc2F)C1. The molecule has 1 aliphatic heterocycles. The molecule has 2 aromatic rings.